The number of anilines is 1. The van der Waals surface area contributed by atoms with Crippen LogP contribution in [0.3, 0.4) is 0 Å². The molecule has 0 bridgehead atoms. The lowest BCUT2D eigenvalue weighted by molar-refractivity contribution is -0.118. The van der Waals surface area contributed by atoms with Crippen molar-refractivity contribution in [2.75, 3.05) is 18.5 Å². The molecule has 3 aromatic carbocycles. The number of ether oxygens (including phenoxy) is 2. The molecule has 0 radical (unpaired) electrons. The number of nitrogens with one attached hydrogen (secondary N) is 2. The van der Waals surface area contributed by atoms with E-state index in [2.05, 4.69) is 31.8 Å². The van der Waals surface area contributed by atoms with E-state index in [9.17, 15) is 9.59 Å². The quantitative estimate of drug-likeness (QED) is 0.276. The molecule has 0 aliphatic rings. The zero-order valence-corrected chi connectivity index (χ0v) is 21.7. The summed E-state index contributed by atoms with van der Waals surface area (Å²) in [5.74, 6) is 0.266. The smallest absolute Gasteiger partial charge is 0.271 e. The Labute approximate surface area is 213 Å². The van der Waals surface area contributed by atoms with Gasteiger partial charge in [-0.25, -0.2) is 5.43 Å². The molecule has 182 valence electrons. The lowest BCUT2D eigenvalue weighted by atomic mass is 10.1. The van der Waals surface area contributed by atoms with Crippen molar-refractivity contribution in [3.8, 4) is 11.5 Å². The lowest BCUT2D eigenvalue weighted by Gasteiger charge is -2.15. The first-order chi connectivity index (χ1) is 16.8. The maximum absolute atomic E-state index is 12.4. The Morgan fingerprint density at radius 3 is 2.40 bits per heavy atom. The van der Waals surface area contributed by atoms with E-state index in [4.69, 9.17) is 9.47 Å². The highest BCUT2D eigenvalue weighted by Crippen LogP contribution is 2.36. The summed E-state index contributed by atoms with van der Waals surface area (Å²) in [5.41, 5.74) is 7.75. The normalized spacial score (nSPS) is 10.8. The van der Waals surface area contributed by atoms with E-state index in [1.54, 1.807) is 24.3 Å². The Bertz CT molecular complexity index is 1240. The molecule has 0 aromatic heterocycles. The van der Waals surface area contributed by atoms with Gasteiger partial charge in [0, 0.05) is 11.3 Å². The molecule has 0 aliphatic carbocycles. The number of nitrogens with zero attached hydrogens (tertiary/aromatic N) is 1. The third-order valence-electron chi connectivity index (χ3n) is 5.16. The molecule has 2 N–H and O–H groups in total. The zero-order valence-electron chi connectivity index (χ0n) is 20.1. The molecule has 0 spiro atoms. The van der Waals surface area contributed by atoms with Crippen LogP contribution in [0.4, 0.5) is 5.69 Å². The van der Waals surface area contributed by atoms with E-state index in [-0.39, 0.29) is 18.4 Å². The van der Waals surface area contributed by atoms with Crippen LogP contribution < -0.4 is 20.2 Å². The van der Waals surface area contributed by atoms with Crippen LogP contribution >= 0.6 is 15.9 Å². The summed E-state index contributed by atoms with van der Waals surface area (Å²) in [6.07, 6.45) is 1.51. The number of carbonyl (C=O) groups is 2. The predicted molar refractivity (Wildman–Crippen MR) is 142 cm³/mol. The molecule has 3 rings (SSSR count). The van der Waals surface area contributed by atoms with Gasteiger partial charge in [-0.3, -0.25) is 9.59 Å². The number of rotatable bonds is 9. The molecule has 0 heterocycles. The molecular formula is C27H28BrN3O4. The Hall–Kier alpha value is -3.65. The third-order valence-corrected chi connectivity index (χ3v) is 5.75. The van der Waals surface area contributed by atoms with Crippen LogP contribution in [0.2, 0.25) is 0 Å². The second-order valence-corrected chi connectivity index (χ2v) is 8.82. The van der Waals surface area contributed by atoms with Crippen LogP contribution in [0.1, 0.15) is 39.5 Å². The van der Waals surface area contributed by atoms with Crippen LogP contribution in [-0.4, -0.2) is 31.2 Å². The van der Waals surface area contributed by atoms with Gasteiger partial charge in [0.2, 0.25) is 0 Å². The Morgan fingerprint density at radius 1 is 0.971 bits per heavy atom. The second kappa shape index (κ2) is 12.2. The highest BCUT2D eigenvalue weighted by Gasteiger charge is 2.14. The predicted octanol–water partition coefficient (Wildman–Crippen LogP) is 5.55. The topological polar surface area (TPSA) is 89.0 Å². The average Bonchev–Trinajstić information content (AvgIpc) is 2.81. The summed E-state index contributed by atoms with van der Waals surface area (Å²) >= 11 is 3.48. The minimum absolute atomic E-state index is 0.189. The van der Waals surface area contributed by atoms with Crippen LogP contribution in [0.5, 0.6) is 11.5 Å². The first kappa shape index (κ1) is 26.0. The molecule has 0 saturated carbocycles. The largest absolute Gasteiger partial charge is 0.490 e. The van der Waals surface area contributed by atoms with Crippen molar-refractivity contribution in [3.63, 3.8) is 0 Å². The number of benzene rings is 3. The molecular weight excluding hydrogens is 510 g/mol. The van der Waals surface area contributed by atoms with E-state index >= 15 is 0 Å². The van der Waals surface area contributed by atoms with Gasteiger partial charge in [-0.15, -0.1) is 0 Å². The van der Waals surface area contributed by atoms with Crippen molar-refractivity contribution < 1.29 is 19.1 Å². The van der Waals surface area contributed by atoms with E-state index in [1.807, 2.05) is 58.0 Å². The summed E-state index contributed by atoms with van der Waals surface area (Å²) < 4.78 is 12.1. The average molecular weight is 538 g/mol. The molecule has 7 nitrogen and oxygen atoms in total. The molecule has 0 fully saturated rings. The number of halogens is 1. The maximum Gasteiger partial charge on any atom is 0.271 e. The molecule has 0 unspecified atom stereocenters. The van der Waals surface area contributed by atoms with Crippen LogP contribution in [-0.2, 0) is 4.79 Å². The highest BCUT2D eigenvalue weighted by atomic mass is 79.9. The first-order valence-corrected chi connectivity index (χ1v) is 11.9. The number of amides is 2. The fourth-order valence-corrected chi connectivity index (χ4v) is 3.73. The summed E-state index contributed by atoms with van der Waals surface area (Å²) in [5, 5.41) is 6.88. The molecule has 35 heavy (non-hydrogen) atoms. The zero-order chi connectivity index (χ0) is 25.4. The number of hydrogen-bond donors (Lipinski definition) is 2. The van der Waals surface area contributed by atoms with Crippen LogP contribution in [0, 0.1) is 20.8 Å². The van der Waals surface area contributed by atoms with Gasteiger partial charge >= 0.3 is 0 Å². The van der Waals surface area contributed by atoms with Crippen molar-refractivity contribution in [1.29, 1.82) is 0 Å². The minimum Gasteiger partial charge on any atom is -0.490 e. The highest BCUT2D eigenvalue weighted by molar-refractivity contribution is 9.10. The van der Waals surface area contributed by atoms with E-state index < -0.39 is 0 Å². The fraction of sp³-hybridized carbons (Fsp3) is 0.222. The van der Waals surface area contributed by atoms with E-state index in [1.165, 1.54) is 6.21 Å². The van der Waals surface area contributed by atoms with Crippen molar-refractivity contribution in [2.24, 2.45) is 5.10 Å². The van der Waals surface area contributed by atoms with Crippen molar-refractivity contribution >= 4 is 39.6 Å². The van der Waals surface area contributed by atoms with Gasteiger partial charge in [0.15, 0.2) is 18.1 Å². The standard InChI is InChI=1S/C27H28BrN3O4/c1-5-34-24-14-20(15-29-31-27(33)21-9-6-17(2)7-10-21)13-23(28)26(24)35-16-25(32)30-22-11-8-18(3)19(4)12-22/h6-15H,5,16H2,1-4H3,(H,30,32)(H,31,33)/b29-15+. The second-order valence-electron chi connectivity index (χ2n) is 7.96. The summed E-state index contributed by atoms with van der Waals surface area (Å²) in [7, 11) is 0. The Balaban J connectivity index is 1.65. The van der Waals surface area contributed by atoms with Crippen molar-refractivity contribution in [3.05, 3.63) is 86.9 Å². The van der Waals surface area contributed by atoms with Crippen LogP contribution in [0.25, 0.3) is 0 Å². The summed E-state index contributed by atoms with van der Waals surface area (Å²) in [6.45, 7) is 8.04. The SMILES string of the molecule is CCOc1cc(/C=N/NC(=O)c2ccc(C)cc2)cc(Br)c1OCC(=O)Nc1ccc(C)c(C)c1. The fourth-order valence-electron chi connectivity index (χ4n) is 3.15. The molecule has 2 amide bonds. The molecule has 8 heteroatoms. The van der Waals surface area contributed by atoms with Gasteiger partial charge < -0.3 is 14.8 Å². The Kier molecular flexibility index (Phi) is 9.03. The number of hydrogen-bond acceptors (Lipinski definition) is 5. The van der Waals surface area contributed by atoms with E-state index in [0.717, 1.165) is 16.7 Å². The van der Waals surface area contributed by atoms with E-state index in [0.29, 0.717) is 39.4 Å². The van der Waals surface area contributed by atoms with Gasteiger partial charge in [0.1, 0.15) is 0 Å². The van der Waals surface area contributed by atoms with Gasteiger partial charge in [-0.2, -0.15) is 5.10 Å². The molecule has 0 aliphatic heterocycles. The Morgan fingerprint density at radius 2 is 1.71 bits per heavy atom. The summed E-state index contributed by atoms with van der Waals surface area (Å²) in [6, 6.07) is 16.4. The van der Waals surface area contributed by atoms with Crippen LogP contribution in [0.15, 0.2) is 64.2 Å². The third kappa shape index (κ3) is 7.42. The maximum atomic E-state index is 12.4. The van der Waals surface area contributed by atoms with Crippen molar-refractivity contribution in [2.45, 2.75) is 27.7 Å². The molecule has 0 atom stereocenters. The van der Waals surface area contributed by atoms with Gasteiger partial charge in [0.25, 0.3) is 11.8 Å². The number of aryl methyl sites for hydroxylation is 3. The summed E-state index contributed by atoms with van der Waals surface area (Å²) in [4.78, 5) is 24.7. The van der Waals surface area contributed by atoms with Gasteiger partial charge in [-0.1, -0.05) is 23.8 Å². The number of carbonyl (C=O) groups excluding carboxylic acids is 2. The van der Waals surface area contributed by atoms with Gasteiger partial charge in [-0.05, 0) is 96.7 Å². The minimum atomic E-state index is -0.305. The van der Waals surface area contributed by atoms with Crippen molar-refractivity contribution in [1.82, 2.24) is 5.43 Å². The number of hydrazone groups is 1. The lowest BCUT2D eigenvalue weighted by Crippen LogP contribution is -2.20. The first-order valence-electron chi connectivity index (χ1n) is 11.1. The molecule has 3 aromatic rings. The molecule has 0 saturated heterocycles. The van der Waals surface area contributed by atoms with Gasteiger partial charge in [0.05, 0.1) is 17.3 Å². The monoisotopic (exact) mass is 537 g/mol.